The van der Waals surface area contributed by atoms with E-state index in [0.29, 0.717) is 16.7 Å². The van der Waals surface area contributed by atoms with Crippen LogP contribution in [0, 0.1) is 0 Å². The van der Waals surface area contributed by atoms with Crippen molar-refractivity contribution in [3.63, 3.8) is 0 Å². The number of nitrogens with zero attached hydrogens (tertiary/aromatic N) is 2. The van der Waals surface area contributed by atoms with Gasteiger partial charge in [-0.1, -0.05) is 31.0 Å². The quantitative estimate of drug-likeness (QED) is 0.662. The van der Waals surface area contributed by atoms with E-state index >= 15 is 0 Å². The Hall–Kier alpha value is -3.42. The van der Waals surface area contributed by atoms with Gasteiger partial charge in [0, 0.05) is 23.0 Å². The number of fused-ring (bicyclic) bond motifs is 1. The van der Waals surface area contributed by atoms with Crippen molar-refractivity contribution in [2.24, 2.45) is 0 Å². The summed E-state index contributed by atoms with van der Waals surface area (Å²) in [6, 6.07) is 10.1. The number of amides is 1. The molecule has 2 aromatic heterocycles. The highest BCUT2D eigenvalue weighted by molar-refractivity contribution is 6.04. The number of H-pyrrole nitrogens is 1. The lowest BCUT2D eigenvalue weighted by Crippen LogP contribution is -2.24. The lowest BCUT2D eigenvalue weighted by atomic mass is 10.1. The van der Waals surface area contributed by atoms with Gasteiger partial charge in [-0.15, -0.1) is 0 Å². The zero-order valence-corrected chi connectivity index (χ0v) is 15.2. The second kappa shape index (κ2) is 7.67. The van der Waals surface area contributed by atoms with Crippen LogP contribution in [0.1, 0.15) is 42.1 Å². The Balaban J connectivity index is 1.43. The number of rotatable bonds is 5. The first kappa shape index (κ1) is 18.0. The van der Waals surface area contributed by atoms with Crippen molar-refractivity contribution >= 4 is 28.6 Å². The molecule has 0 atom stereocenters. The largest absolute Gasteiger partial charge is 0.452 e. The maximum atomic E-state index is 12.4. The van der Waals surface area contributed by atoms with Gasteiger partial charge in [0.2, 0.25) is 5.56 Å². The number of carbonyl (C=O) groups is 2. The third kappa shape index (κ3) is 3.66. The Morgan fingerprint density at radius 3 is 2.82 bits per heavy atom. The molecule has 1 aromatic carbocycles. The molecule has 0 spiro atoms. The molecule has 4 rings (SSSR count). The SMILES string of the molecule is O=C(COC(=O)c1cc(=O)[nH]c2ccccc12)Nc1ccnn1C1CCCC1. The molecule has 0 saturated heterocycles. The molecular weight excluding hydrogens is 360 g/mol. The topological polar surface area (TPSA) is 106 Å². The van der Waals surface area contributed by atoms with Crippen LogP contribution < -0.4 is 10.9 Å². The summed E-state index contributed by atoms with van der Waals surface area (Å²) in [5, 5.41) is 7.59. The number of nitrogens with one attached hydrogen (secondary N) is 2. The summed E-state index contributed by atoms with van der Waals surface area (Å²) in [6.07, 6.45) is 6.02. The van der Waals surface area contributed by atoms with E-state index in [2.05, 4.69) is 15.4 Å². The monoisotopic (exact) mass is 380 g/mol. The van der Waals surface area contributed by atoms with Gasteiger partial charge in [-0.25, -0.2) is 9.48 Å². The van der Waals surface area contributed by atoms with Crippen LogP contribution in [0.25, 0.3) is 10.9 Å². The maximum absolute atomic E-state index is 12.4. The maximum Gasteiger partial charge on any atom is 0.339 e. The molecule has 3 aromatic rings. The van der Waals surface area contributed by atoms with E-state index in [4.69, 9.17) is 4.74 Å². The molecule has 2 heterocycles. The second-order valence-corrected chi connectivity index (χ2v) is 6.82. The fraction of sp³-hybridized carbons (Fsp3) is 0.300. The molecule has 28 heavy (non-hydrogen) atoms. The zero-order valence-electron chi connectivity index (χ0n) is 15.2. The first-order chi connectivity index (χ1) is 13.6. The average Bonchev–Trinajstić information content (AvgIpc) is 3.37. The van der Waals surface area contributed by atoms with Crippen LogP contribution in [-0.2, 0) is 9.53 Å². The molecule has 8 nitrogen and oxygen atoms in total. The van der Waals surface area contributed by atoms with E-state index in [1.807, 2.05) is 4.68 Å². The van der Waals surface area contributed by atoms with Gasteiger partial charge in [-0.2, -0.15) is 5.10 Å². The van der Waals surface area contributed by atoms with Crippen molar-refractivity contribution in [3.05, 3.63) is 58.5 Å². The Bertz CT molecular complexity index is 1080. The highest BCUT2D eigenvalue weighted by atomic mass is 16.5. The summed E-state index contributed by atoms with van der Waals surface area (Å²) < 4.78 is 6.95. The van der Waals surface area contributed by atoms with Crippen LogP contribution in [0.15, 0.2) is 47.4 Å². The lowest BCUT2D eigenvalue weighted by Gasteiger charge is -2.14. The molecule has 2 N–H and O–H groups in total. The standard InChI is InChI=1S/C20H20N4O4/c25-18-11-15(14-7-3-4-8-16(14)22-18)20(27)28-12-19(26)23-17-9-10-21-24(17)13-5-1-2-6-13/h3-4,7-11,13H,1-2,5-6,12H2,(H,22,25)(H,23,26). The molecule has 1 aliphatic rings. The molecule has 144 valence electrons. The minimum atomic E-state index is -0.721. The number of aromatic nitrogens is 3. The van der Waals surface area contributed by atoms with Gasteiger partial charge in [0.05, 0.1) is 17.8 Å². The summed E-state index contributed by atoms with van der Waals surface area (Å²) in [5.41, 5.74) is 0.255. The number of para-hydroxylation sites is 1. The van der Waals surface area contributed by atoms with Crippen molar-refractivity contribution in [1.29, 1.82) is 0 Å². The van der Waals surface area contributed by atoms with Crippen molar-refractivity contribution in [3.8, 4) is 0 Å². The molecular formula is C20H20N4O4. The van der Waals surface area contributed by atoms with Crippen molar-refractivity contribution in [1.82, 2.24) is 14.8 Å². The highest BCUT2D eigenvalue weighted by Gasteiger charge is 2.21. The number of pyridine rings is 1. The molecule has 8 heteroatoms. The predicted molar refractivity (Wildman–Crippen MR) is 103 cm³/mol. The third-order valence-corrected chi connectivity index (χ3v) is 4.91. The summed E-state index contributed by atoms with van der Waals surface area (Å²) in [6.45, 7) is -0.449. The average molecular weight is 380 g/mol. The molecule has 0 radical (unpaired) electrons. The zero-order chi connectivity index (χ0) is 19.5. The van der Waals surface area contributed by atoms with Crippen molar-refractivity contribution in [2.75, 3.05) is 11.9 Å². The molecule has 1 aliphatic carbocycles. The van der Waals surface area contributed by atoms with Crippen LogP contribution in [-0.4, -0.2) is 33.2 Å². The Morgan fingerprint density at radius 2 is 2.00 bits per heavy atom. The smallest absolute Gasteiger partial charge is 0.339 e. The summed E-state index contributed by atoms with van der Waals surface area (Å²) in [5.74, 6) is -0.585. The number of carbonyl (C=O) groups excluding carboxylic acids is 2. The van der Waals surface area contributed by atoms with Gasteiger partial charge in [-0.3, -0.25) is 9.59 Å². The number of hydrogen-bond donors (Lipinski definition) is 2. The van der Waals surface area contributed by atoms with Gasteiger partial charge in [0.1, 0.15) is 5.82 Å². The minimum Gasteiger partial charge on any atom is -0.452 e. The number of hydrogen-bond acceptors (Lipinski definition) is 5. The van der Waals surface area contributed by atoms with E-state index in [-0.39, 0.29) is 11.6 Å². The number of anilines is 1. The van der Waals surface area contributed by atoms with E-state index in [0.717, 1.165) is 25.7 Å². The van der Waals surface area contributed by atoms with Gasteiger partial charge in [0.25, 0.3) is 5.91 Å². The van der Waals surface area contributed by atoms with E-state index in [1.54, 1.807) is 36.5 Å². The van der Waals surface area contributed by atoms with Gasteiger partial charge in [0.15, 0.2) is 6.61 Å². The summed E-state index contributed by atoms with van der Waals surface area (Å²) in [4.78, 5) is 39.1. The predicted octanol–water partition coefficient (Wildman–Crippen LogP) is 2.64. The van der Waals surface area contributed by atoms with Gasteiger partial charge >= 0.3 is 5.97 Å². The van der Waals surface area contributed by atoms with E-state index < -0.39 is 24.0 Å². The fourth-order valence-electron chi connectivity index (χ4n) is 3.61. The Labute approximate surface area is 160 Å². The molecule has 0 aliphatic heterocycles. The summed E-state index contributed by atoms with van der Waals surface area (Å²) in [7, 11) is 0. The van der Waals surface area contributed by atoms with Crippen molar-refractivity contribution in [2.45, 2.75) is 31.7 Å². The lowest BCUT2D eigenvalue weighted by molar-refractivity contribution is -0.119. The number of benzene rings is 1. The van der Waals surface area contributed by atoms with Crippen LogP contribution in [0.5, 0.6) is 0 Å². The molecule has 1 saturated carbocycles. The summed E-state index contributed by atoms with van der Waals surface area (Å²) >= 11 is 0. The normalized spacial score (nSPS) is 14.3. The number of ether oxygens (including phenoxy) is 1. The van der Waals surface area contributed by atoms with E-state index in [1.165, 1.54) is 6.07 Å². The van der Waals surface area contributed by atoms with Gasteiger partial charge in [-0.05, 0) is 18.9 Å². The Kier molecular flexibility index (Phi) is 4.92. The van der Waals surface area contributed by atoms with Crippen LogP contribution >= 0.6 is 0 Å². The minimum absolute atomic E-state index is 0.128. The Morgan fingerprint density at radius 1 is 1.21 bits per heavy atom. The number of aromatic amines is 1. The van der Waals surface area contributed by atoms with Crippen LogP contribution in [0.3, 0.4) is 0 Å². The third-order valence-electron chi connectivity index (χ3n) is 4.91. The first-order valence-electron chi connectivity index (χ1n) is 9.24. The molecule has 1 fully saturated rings. The van der Waals surface area contributed by atoms with Gasteiger partial charge < -0.3 is 15.0 Å². The first-order valence-corrected chi connectivity index (χ1v) is 9.24. The molecule has 0 unspecified atom stereocenters. The highest BCUT2D eigenvalue weighted by Crippen LogP contribution is 2.31. The van der Waals surface area contributed by atoms with Crippen molar-refractivity contribution < 1.29 is 14.3 Å². The molecule has 0 bridgehead atoms. The van der Waals surface area contributed by atoms with Crippen LogP contribution in [0.4, 0.5) is 5.82 Å². The fourth-order valence-corrected chi connectivity index (χ4v) is 3.61. The second-order valence-electron chi connectivity index (χ2n) is 6.82. The number of esters is 1. The van der Waals surface area contributed by atoms with Crippen LogP contribution in [0.2, 0.25) is 0 Å². The molecule has 1 amide bonds. The van der Waals surface area contributed by atoms with E-state index in [9.17, 15) is 14.4 Å².